The molecular weight excluding hydrogens is 236 g/mol. The zero-order chi connectivity index (χ0) is 13.2. The van der Waals surface area contributed by atoms with Gasteiger partial charge in [-0.05, 0) is 30.9 Å². The van der Waals surface area contributed by atoms with Gasteiger partial charge in [0.05, 0.1) is 0 Å². The fourth-order valence-corrected chi connectivity index (χ4v) is 3.01. The van der Waals surface area contributed by atoms with Gasteiger partial charge in [0.2, 0.25) is 5.91 Å². The number of hydrogen-bond acceptors (Lipinski definition) is 2. The highest BCUT2D eigenvalue weighted by atomic mass is 16.2. The number of fused-ring (bicyclic) bond motifs is 1. The van der Waals surface area contributed by atoms with Crippen molar-refractivity contribution in [2.24, 2.45) is 0 Å². The molecule has 0 bridgehead atoms. The molecule has 1 aliphatic heterocycles. The quantitative estimate of drug-likeness (QED) is 0.880. The molecule has 1 aromatic rings. The number of hydrogen-bond donors (Lipinski definition) is 1. The van der Waals surface area contributed by atoms with E-state index in [0.29, 0.717) is 24.3 Å². The topological polar surface area (TPSA) is 32.3 Å². The van der Waals surface area contributed by atoms with Crippen molar-refractivity contribution < 1.29 is 4.79 Å². The van der Waals surface area contributed by atoms with Gasteiger partial charge in [-0.1, -0.05) is 25.1 Å². The number of para-hydroxylation sites is 1. The summed E-state index contributed by atoms with van der Waals surface area (Å²) >= 11 is 0. The molecule has 0 radical (unpaired) electrons. The number of anilines is 1. The van der Waals surface area contributed by atoms with E-state index in [4.69, 9.17) is 0 Å². The number of benzene rings is 1. The lowest BCUT2D eigenvalue weighted by Gasteiger charge is -2.23. The molecule has 0 aromatic heterocycles. The highest BCUT2D eigenvalue weighted by molar-refractivity contribution is 5.79. The Hall–Kier alpha value is -1.51. The second kappa shape index (κ2) is 5.24. The highest BCUT2D eigenvalue weighted by Crippen LogP contribution is 2.35. The van der Waals surface area contributed by atoms with E-state index in [9.17, 15) is 4.79 Å². The van der Waals surface area contributed by atoms with Crippen LogP contribution in [0.15, 0.2) is 24.3 Å². The first-order valence-electron chi connectivity index (χ1n) is 7.42. The molecule has 1 saturated carbocycles. The van der Waals surface area contributed by atoms with Crippen molar-refractivity contribution in [2.75, 3.05) is 18.4 Å². The Morgan fingerprint density at radius 1 is 1.37 bits per heavy atom. The average molecular weight is 258 g/mol. The third kappa shape index (κ3) is 2.60. The molecule has 1 aromatic carbocycles. The Labute approximate surface area is 115 Å². The van der Waals surface area contributed by atoms with Crippen LogP contribution in [-0.2, 0) is 4.79 Å². The second-order valence-electron chi connectivity index (χ2n) is 5.69. The van der Waals surface area contributed by atoms with Crippen LogP contribution in [0.3, 0.4) is 0 Å². The number of nitrogens with zero attached hydrogens (tertiary/aromatic N) is 1. The molecule has 1 fully saturated rings. The molecule has 102 valence electrons. The smallest absolute Gasteiger partial charge is 0.223 e. The van der Waals surface area contributed by atoms with Gasteiger partial charge < -0.3 is 10.2 Å². The minimum absolute atomic E-state index is 0.341. The first-order valence-corrected chi connectivity index (χ1v) is 7.42. The van der Waals surface area contributed by atoms with Gasteiger partial charge in [0.1, 0.15) is 0 Å². The highest BCUT2D eigenvalue weighted by Gasteiger charge is 2.34. The Morgan fingerprint density at radius 3 is 2.89 bits per heavy atom. The van der Waals surface area contributed by atoms with Crippen molar-refractivity contribution in [3.05, 3.63) is 29.8 Å². The fraction of sp³-hybridized carbons (Fsp3) is 0.562. The zero-order valence-corrected chi connectivity index (χ0v) is 11.6. The molecule has 1 aliphatic carbocycles. The van der Waals surface area contributed by atoms with Crippen LogP contribution >= 0.6 is 0 Å². The van der Waals surface area contributed by atoms with Gasteiger partial charge in [-0.2, -0.15) is 0 Å². The van der Waals surface area contributed by atoms with Gasteiger partial charge in [0, 0.05) is 37.2 Å². The maximum atomic E-state index is 12.5. The van der Waals surface area contributed by atoms with Crippen molar-refractivity contribution in [2.45, 2.75) is 44.6 Å². The summed E-state index contributed by atoms with van der Waals surface area (Å²) in [5.74, 6) is 0.689. The van der Waals surface area contributed by atoms with Gasteiger partial charge in [-0.15, -0.1) is 0 Å². The van der Waals surface area contributed by atoms with Crippen LogP contribution in [0.2, 0.25) is 0 Å². The summed E-state index contributed by atoms with van der Waals surface area (Å²) in [5, 5.41) is 3.40. The van der Waals surface area contributed by atoms with Gasteiger partial charge >= 0.3 is 0 Å². The van der Waals surface area contributed by atoms with E-state index < -0.39 is 0 Å². The lowest BCUT2D eigenvalue weighted by Crippen LogP contribution is -2.34. The number of amides is 1. The molecule has 0 spiro atoms. The molecule has 0 saturated heterocycles. The first-order chi connectivity index (χ1) is 9.29. The Bertz CT molecular complexity index is 468. The summed E-state index contributed by atoms with van der Waals surface area (Å²) in [4.78, 5) is 14.6. The van der Waals surface area contributed by atoms with Crippen LogP contribution in [0.25, 0.3) is 0 Å². The van der Waals surface area contributed by atoms with E-state index in [-0.39, 0.29) is 0 Å². The van der Waals surface area contributed by atoms with Crippen molar-refractivity contribution in [1.29, 1.82) is 0 Å². The number of rotatable bonds is 5. The summed E-state index contributed by atoms with van der Waals surface area (Å²) in [6.07, 6.45) is 4.11. The Kier molecular flexibility index (Phi) is 3.45. The Balaban J connectivity index is 1.67. The average Bonchev–Trinajstić information content (AvgIpc) is 3.19. The predicted molar refractivity (Wildman–Crippen MR) is 77.3 cm³/mol. The molecule has 2 aliphatic rings. The molecule has 3 heteroatoms. The lowest BCUT2D eigenvalue weighted by molar-refractivity contribution is -0.132. The summed E-state index contributed by atoms with van der Waals surface area (Å²) in [6, 6.07) is 8.90. The number of carbonyl (C=O) groups is 1. The largest absolute Gasteiger partial charge is 0.384 e. The Morgan fingerprint density at radius 2 is 2.16 bits per heavy atom. The second-order valence-corrected chi connectivity index (χ2v) is 5.69. The lowest BCUT2D eigenvalue weighted by atomic mass is 9.97. The molecule has 1 amide bonds. The van der Waals surface area contributed by atoms with Crippen LogP contribution in [0, 0.1) is 0 Å². The molecule has 1 heterocycles. The number of carbonyl (C=O) groups excluding carboxylic acids is 1. The first kappa shape index (κ1) is 12.5. The minimum atomic E-state index is 0.341. The fourth-order valence-electron chi connectivity index (χ4n) is 3.01. The summed E-state index contributed by atoms with van der Waals surface area (Å²) in [6.45, 7) is 3.97. The van der Waals surface area contributed by atoms with E-state index in [1.807, 2.05) is 6.07 Å². The normalized spacial score (nSPS) is 20.8. The van der Waals surface area contributed by atoms with Crippen LogP contribution in [-0.4, -0.2) is 29.9 Å². The predicted octanol–water partition coefficient (Wildman–Crippen LogP) is 2.99. The number of nitrogens with one attached hydrogen (secondary N) is 1. The van der Waals surface area contributed by atoms with Gasteiger partial charge in [-0.3, -0.25) is 4.79 Å². The van der Waals surface area contributed by atoms with E-state index in [1.54, 1.807) is 0 Å². The van der Waals surface area contributed by atoms with Crippen molar-refractivity contribution >= 4 is 11.6 Å². The molecule has 1 atom stereocenters. The van der Waals surface area contributed by atoms with Crippen molar-refractivity contribution in [1.82, 2.24) is 4.90 Å². The molecule has 3 rings (SSSR count). The van der Waals surface area contributed by atoms with Gasteiger partial charge in [0.25, 0.3) is 0 Å². The van der Waals surface area contributed by atoms with E-state index >= 15 is 0 Å². The molecule has 1 N–H and O–H groups in total. The molecule has 3 nitrogen and oxygen atoms in total. The van der Waals surface area contributed by atoms with Crippen LogP contribution in [0.5, 0.6) is 0 Å². The monoisotopic (exact) mass is 258 g/mol. The standard InChI is InChI=1S/C16H22N2O/c1-2-9-18(13-7-8-13)16(19)10-12-11-17-15-6-4-3-5-14(12)15/h3-6,12-13,17H,2,7-11H2,1H3. The summed E-state index contributed by atoms with van der Waals surface area (Å²) in [7, 11) is 0. The minimum Gasteiger partial charge on any atom is -0.384 e. The van der Waals surface area contributed by atoms with E-state index in [2.05, 4.69) is 35.3 Å². The molecule has 1 unspecified atom stereocenters. The summed E-state index contributed by atoms with van der Waals surface area (Å²) < 4.78 is 0. The maximum Gasteiger partial charge on any atom is 0.223 e. The maximum absolute atomic E-state index is 12.5. The third-order valence-electron chi connectivity index (χ3n) is 4.13. The van der Waals surface area contributed by atoms with Crippen molar-refractivity contribution in [3.8, 4) is 0 Å². The summed E-state index contributed by atoms with van der Waals surface area (Å²) in [5.41, 5.74) is 2.51. The van der Waals surface area contributed by atoms with Crippen molar-refractivity contribution in [3.63, 3.8) is 0 Å². The van der Waals surface area contributed by atoms with E-state index in [1.165, 1.54) is 24.1 Å². The van der Waals surface area contributed by atoms with E-state index in [0.717, 1.165) is 19.5 Å². The molecule has 19 heavy (non-hydrogen) atoms. The van der Waals surface area contributed by atoms with Crippen LogP contribution < -0.4 is 5.32 Å². The third-order valence-corrected chi connectivity index (χ3v) is 4.13. The van der Waals surface area contributed by atoms with Crippen LogP contribution in [0.4, 0.5) is 5.69 Å². The van der Waals surface area contributed by atoms with Gasteiger partial charge in [0.15, 0.2) is 0 Å². The van der Waals surface area contributed by atoms with Crippen LogP contribution in [0.1, 0.15) is 44.1 Å². The molecular formula is C16H22N2O. The zero-order valence-electron chi connectivity index (χ0n) is 11.6. The van der Waals surface area contributed by atoms with Gasteiger partial charge in [-0.25, -0.2) is 0 Å². The SMILES string of the molecule is CCCN(C(=O)CC1CNc2ccccc21)C1CC1.